The summed E-state index contributed by atoms with van der Waals surface area (Å²) in [5.74, 6) is -0.728. The number of para-hydroxylation sites is 1. The third-order valence-corrected chi connectivity index (χ3v) is 7.31. The highest BCUT2D eigenvalue weighted by atomic mass is 35.5. The molecule has 1 saturated heterocycles. The summed E-state index contributed by atoms with van der Waals surface area (Å²) < 4.78 is 36.4. The van der Waals surface area contributed by atoms with Crippen LogP contribution in [0.3, 0.4) is 0 Å². The number of aliphatic hydroxyl groups excluding tert-OH is 1. The summed E-state index contributed by atoms with van der Waals surface area (Å²) in [7, 11) is -4.27. The van der Waals surface area contributed by atoms with Crippen molar-refractivity contribution in [2.75, 3.05) is 12.3 Å². The van der Waals surface area contributed by atoms with E-state index < -0.39 is 62.2 Å². The van der Waals surface area contributed by atoms with E-state index in [0.717, 1.165) is 10.8 Å². The molecule has 2 aromatic rings. The SMILES string of the molecule is CC(C)OC(=O)[C@@H](C)NP(=O)(OC[C@H]1O[C@@H](n2cc(Cl)c(N)nc2=O)[C@](C)(O)[C@@H]1O)Oc1ccccc1. The molecule has 1 fully saturated rings. The molecule has 0 spiro atoms. The summed E-state index contributed by atoms with van der Waals surface area (Å²) in [6.07, 6.45) is -3.61. The Balaban J connectivity index is 1.81. The van der Waals surface area contributed by atoms with Crippen LogP contribution < -0.4 is 21.0 Å². The first-order chi connectivity index (χ1) is 17.2. The van der Waals surface area contributed by atoms with Gasteiger partial charge in [0.15, 0.2) is 6.23 Å². The van der Waals surface area contributed by atoms with E-state index in [2.05, 4.69) is 10.1 Å². The lowest BCUT2D eigenvalue weighted by molar-refractivity contribution is -0.149. The molecule has 1 aromatic carbocycles. The third-order valence-electron chi connectivity index (χ3n) is 5.38. The molecule has 0 radical (unpaired) electrons. The van der Waals surface area contributed by atoms with Gasteiger partial charge >= 0.3 is 19.4 Å². The van der Waals surface area contributed by atoms with Crippen LogP contribution in [0.25, 0.3) is 0 Å². The van der Waals surface area contributed by atoms with Gasteiger partial charge in [0.25, 0.3) is 0 Å². The lowest BCUT2D eigenvalue weighted by Crippen LogP contribution is -2.46. The van der Waals surface area contributed by atoms with E-state index in [1.807, 2.05) is 0 Å². The summed E-state index contributed by atoms with van der Waals surface area (Å²) in [5, 5.41) is 24.1. The molecule has 204 valence electrons. The number of nitrogens with one attached hydrogen (secondary N) is 1. The van der Waals surface area contributed by atoms with Crippen molar-refractivity contribution < 1.29 is 38.1 Å². The van der Waals surface area contributed by atoms with Gasteiger partial charge < -0.3 is 29.9 Å². The predicted octanol–water partition coefficient (Wildman–Crippen LogP) is 1.62. The molecule has 1 aromatic heterocycles. The van der Waals surface area contributed by atoms with E-state index in [1.54, 1.807) is 32.0 Å². The van der Waals surface area contributed by atoms with Gasteiger partial charge in [-0.2, -0.15) is 10.1 Å². The average molecular weight is 561 g/mol. The van der Waals surface area contributed by atoms with Crippen molar-refractivity contribution in [3.05, 3.63) is 52.0 Å². The van der Waals surface area contributed by atoms with Crippen LogP contribution in [0.5, 0.6) is 5.75 Å². The minimum atomic E-state index is -4.27. The van der Waals surface area contributed by atoms with Crippen molar-refractivity contribution in [1.29, 1.82) is 0 Å². The van der Waals surface area contributed by atoms with Crippen molar-refractivity contribution in [1.82, 2.24) is 14.6 Å². The van der Waals surface area contributed by atoms with Gasteiger partial charge in [-0.05, 0) is 39.8 Å². The first-order valence-corrected chi connectivity index (χ1v) is 13.2. The minimum Gasteiger partial charge on any atom is -0.462 e. The van der Waals surface area contributed by atoms with Crippen LogP contribution >= 0.6 is 19.3 Å². The summed E-state index contributed by atoms with van der Waals surface area (Å²) in [6.45, 7) is 5.42. The number of esters is 1. The molecule has 15 heteroatoms. The lowest BCUT2D eigenvalue weighted by Gasteiger charge is -2.27. The highest BCUT2D eigenvalue weighted by Crippen LogP contribution is 2.47. The molecule has 5 N–H and O–H groups in total. The molecule has 37 heavy (non-hydrogen) atoms. The molecular formula is C22H30ClN4O9P. The highest BCUT2D eigenvalue weighted by Gasteiger charge is 2.54. The number of benzene rings is 1. The number of hydrogen-bond acceptors (Lipinski definition) is 11. The second-order valence-corrected chi connectivity index (χ2v) is 11.0. The number of hydrogen-bond donors (Lipinski definition) is 4. The van der Waals surface area contributed by atoms with Crippen molar-refractivity contribution in [3.8, 4) is 5.75 Å². The zero-order chi connectivity index (χ0) is 27.5. The fourth-order valence-corrected chi connectivity index (χ4v) is 5.16. The van der Waals surface area contributed by atoms with Crippen molar-refractivity contribution in [2.24, 2.45) is 0 Å². The van der Waals surface area contributed by atoms with Crippen LogP contribution in [0.4, 0.5) is 5.82 Å². The molecule has 0 saturated carbocycles. The Morgan fingerprint density at radius 2 is 2.00 bits per heavy atom. The van der Waals surface area contributed by atoms with E-state index in [1.165, 1.54) is 26.0 Å². The van der Waals surface area contributed by atoms with Gasteiger partial charge in [0.05, 0.1) is 17.7 Å². The molecule has 0 amide bonds. The zero-order valence-electron chi connectivity index (χ0n) is 20.6. The number of anilines is 1. The maximum atomic E-state index is 13.6. The maximum Gasteiger partial charge on any atom is 0.459 e. The number of nitrogens with two attached hydrogens (primary N) is 1. The Morgan fingerprint density at radius 1 is 1.35 bits per heavy atom. The van der Waals surface area contributed by atoms with E-state index in [-0.39, 0.29) is 16.6 Å². The topological polar surface area (TPSA) is 184 Å². The summed E-state index contributed by atoms with van der Waals surface area (Å²) >= 11 is 5.96. The molecule has 0 bridgehead atoms. The molecule has 6 atom stereocenters. The van der Waals surface area contributed by atoms with Crippen LogP contribution in [0, 0.1) is 0 Å². The monoisotopic (exact) mass is 560 g/mol. The van der Waals surface area contributed by atoms with Gasteiger partial charge in [0.1, 0.15) is 35.4 Å². The van der Waals surface area contributed by atoms with Gasteiger partial charge in [-0.15, -0.1) is 0 Å². The third kappa shape index (κ3) is 6.88. The van der Waals surface area contributed by atoms with Gasteiger partial charge in [-0.1, -0.05) is 29.8 Å². The molecule has 1 aliphatic heterocycles. The summed E-state index contributed by atoms with van der Waals surface area (Å²) in [4.78, 5) is 28.2. The number of nitrogens with zero attached hydrogens (tertiary/aromatic N) is 2. The summed E-state index contributed by atoms with van der Waals surface area (Å²) in [5.41, 5.74) is 2.66. The Labute approximate surface area is 218 Å². The standard InChI is InChI=1S/C22H30ClN4O9P/c1-12(2)34-19(29)13(3)26-37(32,36-14-8-6-5-7-9-14)33-11-16-17(28)22(4,31)20(35-16)27-10-15(23)18(24)25-21(27)30/h5-10,12-13,16-17,20,28,31H,11H2,1-4H3,(H,26,32)(H2,24,25,30)/t13-,16-,17-,20-,22-,37?/m1/s1. The van der Waals surface area contributed by atoms with Crippen LogP contribution in [0.1, 0.15) is 33.9 Å². The van der Waals surface area contributed by atoms with Crippen LogP contribution in [-0.4, -0.2) is 62.3 Å². The maximum absolute atomic E-state index is 13.6. The van der Waals surface area contributed by atoms with E-state index in [4.69, 9.17) is 35.9 Å². The molecule has 3 rings (SSSR count). The van der Waals surface area contributed by atoms with Gasteiger partial charge in [0, 0.05) is 6.20 Å². The quantitative estimate of drug-likeness (QED) is 0.243. The normalized spacial score (nSPS) is 26.0. The molecule has 13 nitrogen and oxygen atoms in total. The molecule has 0 aliphatic carbocycles. The van der Waals surface area contributed by atoms with Crippen LogP contribution in [0.15, 0.2) is 41.3 Å². The Hall–Kier alpha value is -2.51. The smallest absolute Gasteiger partial charge is 0.459 e. The van der Waals surface area contributed by atoms with Crippen molar-refractivity contribution in [2.45, 2.75) is 63.9 Å². The fraction of sp³-hybridized carbons (Fsp3) is 0.500. The van der Waals surface area contributed by atoms with E-state index in [0.29, 0.717) is 0 Å². The molecule has 2 heterocycles. The Kier molecular flexibility index (Phi) is 9.01. The molecule has 1 unspecified atom stereocenters. The van der Waals surface area contributed by atoms with Crippen LogP contribution in [-0.2, 0) is 23.4 Å². The molecule has 1 aliphatic rings. The Bertz CT molecular complexity index is 1210. The van der Waals surface area contributed by atoms with Gasteiger partial charge in [-0.3, -0.25) is 13.9 Å². The second kappa shape index (κ2) is 11.5. The zero-order valence-corrected chi connectivity index (χ0v) is 22.3. The van der Waals surface area contributed by atoms with Gasteiger partial charge in [0.2, 0.25) is 0 Å². The number of nitrogen functional groups attached to an aromatic ring is 1. The van der Waals surface area contributed by atoms with Gasteiger partial charge in [-0.25, -0.2) is 9.36 Å². The lowest BCUT2D eigenvalue weighted by atomic mass is 9.96. The second-order valence-electron chi connectivity index (χ2n) is 8.90. The minimum absolute atomic E-state index is 0.0691. The molecular weight excluding hydrogens is 531 g/mol. The van der Waals surface area contributed by atoms with Crippen LogP contribution in [0.2, 0.25) is 5.02 Å². The number of aromatic nitrogens is 2. The predicted molar refractivity (Wildman–Crippen MR) is 133 cm³/mol. The number of halogens is 1. The van der Waals surface area contributed by atoms with E-state index >= 15 is 0 Å². The first-order valence-electron chi connectivity index (χ1n) is 11.3. The fourth-order valence-electron chi connectivity index (χ4n) is 3.51. The average Bonchev–Trinajstić information content (AvgIpc) is 3.03. The Morgan fingerprint density at radius 3 is 2.62 bits per heavy atom. The summed E-state index contributed by atoms with van der Waals surface area (Å²) in [6, 6.07) is 6.97. The van der Waals surface area contributed by atoms with E-state index in [9.17, 15) is 24.4 Å². The highest BCUT2D eigenvalue weighted by molar-refractivity contribution is 7.52. The first kappa shape index (κ1) is 29.1. The number of carbonyl (C=O) groups excluding carboxylic acids is 1. The number of ether oxygens (including phenoxy) is 2. The largest absolute Gasteiger partial charge is 0.462 e. The van der Waals surface area contributed by atoms with Crippen molar-refractivity contribution in [3.63, 3.8) is 0 Å². The number of rotatable bonds is 10. The van der Waals surface area contributed by atoms with Crippen molar-refractivity contribution >= 4 is 31.1 Å². The number of carbonyl (C=O) groups is 1. The number of aliphatic hydroxyl groups is 2.